The van der Waals surface area contributed by atoms with Crippen molar-refractivity contribution in [1.29, 1.82) is 0 Å². The maximum Gasteiger partial charge on any atom is 0.227 e. The van der Waals surface area contributed by atoms with Gasteiger partial charge in [-0.25, -0.2) is 0 Å². The van der Waals surface area contributed by atoms with Crippen LogP contribution in [0.5, 0.6) is 0 Å². The van der Waals surface area contributed by atoms with Crippen LogP contribution in [0.4, 0.5) is 5.69 Å². The maximum atomic E-state index is 12.4. The molecule has 0 aliphatic heterocycles. The molecule has 106 valence electrons. The van der Waals surface area contributed by atoms with E-state index in [0.717, 1.165) is 12.1 Å². The van der Waals surface area contributed by atoms with Gasteiger partial charge in [0.15, 0.2) is 0 Å². The van der Waals surface area contributed by atoms with Gasteiger partial charge in [-0.1, -0.05) is 32.0 Å². The zero-order chi connectivity index (χ0) is 14.3. The molecule has 0 saturated heterocycles. The highest BCUT2D eigenvalue weighted by Crippen LogP contribution is 2.19. The van der Waals surface area contributed by atoms with E-state index in [1.807, 2.05) is 42.2 Å². The summed E-state index contributed by atoms with van der Waals surface area (Å²) in [7, 11) is 0. The Hall–Kier alpha value is -1.35. The average Bonchev–Trinajstić information content (AvgIpc) is 2.39. The first-order valence-corrected chi connectivity index (χ1v) is 7.13. The van der Waals surface area contributed by atoms with Gasteiger partial charge in [0, 0.05) is 18.7 Å². The topological polar surface area (TPSA) is 46.3 Å². The number of anilines is 1. The Balaban J connectivity index is 2.69. The van der Waals surface area contributed by atoms with Crippen molar-refractivity contribution in [2.75, 3.05) is 18.0 Å². The van der Waals surface area contributed by atoms with E-state index in [0.29, 0.717) is 25.4 Å². The third kappa shape index (κ3) is 5.03. The molecule has 19 heavy (non-hydrogen) atoms. The Kier molecular flexibility index (Phi) is 6.57. The van der Waals surface area contributed by atoms with Crippen LogP contribution >= 0.6 is 0 Å². The Morgan fingerprint density at radius 3 is 2.37 bits per heavy atom. The lowest BCUT2D eigenvalue weighted by Crippen LogP contribution is -2.33. The van der Waals surface area contributed by atoms with Gasteiger partial charge < -0.3 is 10.6 Å². The molecule has 1 unspecified atom stereocenters. The molecule has 2 N–H and O–H groups in total. The van der Waals surface area contributed by atoms with Crippen molar-refractivity contribution in [1.82, 2.24) is 0 Å². The van der Waals surface area contributed by atoms with E-state index in [1.54, 1.807) is 0 Å². The number of hydrogen-bond acceptors (Lipinski definition) is 2. The minimum atomic E-state index is 0.171. The van der Waals surface area contributed by atoms with Gasteiger partial charge in [-0.3, -0.25) is 4.79 Å². The summed E-state index contributed by atoms with van der Waals surface area (Å²) in [5.74, 6) is 1.03. The fourth-order valence-corrected chi connectivity index (χ4v) is 2.40. The van der Waals surface area contributed by atoms with Crippen LogP contribution in [-0.4, -0.2) is 19.0 Å². The SMILES string of the molecule is CCN(C(=O)CC(CN)CC(C)C)c1ccccc1. The lowest BCUT2D eigenvalue weighted by atomic mass is 9.93. The maximum absolute atomic E-state index is 12.4. The lowest BCUT2D eigenvalue weighted by molar-refractivity contribution is -0.119. The largest absolute Gasteiger partial charge is 0.330 e. The first-order valence-electron chi connectivity index (χ1n) is 7.13. The second-order valence-corrected chi connectivity index (χ2v) is 5.41. The molecule has 0 aromatic heterocycles. The van der Waals surface area contributed by atoms with Gasteiger partial charge in [-0.2, -0.15) is 0 Å². The standard InChI is InChI=1S/C16H26N2O/c1-4-18(15-8-6-5-7-9-15)16(19)11-14(12-17)10-13(2)3/h5-9,13-14H,4,10-12,17H2,1-3H3. The molecule has 0 spiro atoms. The van der Waals surface area contributed by atoms with E-state index in [2.05, 4.69) is 13.8 Å². The number of nitrogens with two attached hydrogens (primary N) is 1. The van der Waals surface area contributed by atoms with Gasteiger partial charge in [0.2, 0.25) is 5.91 Å². The zero-order valence-corrected chi connectivity index (χ0v) is 12.3. The number of benzene rings is 1. The molecule has 3 nitrogen and oxygen atoms in total. The minimum Gasteiger partial charge on any atom is -0.330 e. The number of nitrogens with zero attached hydrogens (tertiary/aromatic N) is 1. The van der Waals surface area contributed by atoms with Crippen molar-refractivity contribution in [3.05, 3.63) is 30.3 Å². The smallest absolute Gasteiger partial charge is 0.227 e. The monoisotopic (exact) mass is 262 g/mol. The van der Waals surface area contributed by atoms with Gasteiger partial charge in [0.05, 0.1) is 0 Å². The molecule has 1 atom stereocenters. The van der Waals surface area contributed by atoms with Crippen molar-refractivity contribution in [2.45, 2.75) is 33.6 Å². The quantitative estimate of drug-likeness (QED) is 0.821. The summed E-state index contributed by atoms with van der Waals surface area (Å²) in [5.41, 5.74) is 6.75. The highest BCUT2D eigenvalue weighted by molar-refractivity contribution is 5.93. The highest BCUT2D eigenvalue weighted by atomic mass is 16.2. The minimum absolute atomic E-state index is 0.171. The third-order valence-corrected chi connectivity index (χ3v) is 3.29. The van der Waals surface area contributed by atoms with Crippen LogP contribution in [0.1, 0.15) is 33.6 Å². The Morgan fingerprint density at radius 2 is 1.89 bits per heavy atom. The van der Waals surface area contributed by atoms with Crippen LogP contribution in [0.25, 0.3) is 0 Å². The van der Waals surface area contributed by atoms with Crippen LogP contribution in [0, 0.1) is 11.8 Å². The summed E-state index contributed by atoms with van der Waals surface area (Å²) in [6.45, 7) is 7.62. The molecule has 0 saturated carbocycles. The molecule has 1 amide bonds. The molecule has 1 aromatic rings. The fraction of sp³-hybridized carbons (Fsp3) is 0.562. The number of carbonyl (C=O) groups excluding carboxylic acids is 1. The molecule has 1 aromatic carbocycles. The first kappa shape index (κ1) is 15.7. The number of hydrogen-bond donors (Lipinski definition) is 1. The highest BCUT2D eigenvalue weighted by Gasteiger charge is 2.19. The second kappa shape index (κ2) is 7.95. The van der Waals surface area contributed by atoms with E-state index in [4.69, 9.17) is 5.73 Å². The summed E-state index contributed by atoms with van der Waals surface area (Å²) in [4.78, 5) is 14.2. The molecule has 0 bridgehead atoms. The van der Waals surface area contributed by atoms with Crippen LogP contribution in [0.2, 0.25) is 0 Å². The van der Waals surface area contributed by atoms with Crippen LogP contribution in [-0.2, 0) is 4.79 Å². The summed E-state index contributed by atoms with van der Waals surface area (Å²) in [6, 6.07) is 9.82. The number of para-hydroxylation sites is 1. The van der Waals surface area contributed by atoms with Crippen molar-refractivity contribution < 1.29 is 4.79 Å². The molecule has 1 rings (SSSR count). The molecule has 0 aliphatic rings. The van der Waals surface area contributed by atoms with Gasteiger partial charge in [0.1, 0.15) is 0 Å². The van der Waals surface area contributed by atoms with Crippen LogP contribution < -0.4 is 10.6 Å². The average molecular weight is 262 g/mol. The van der Waals surface area contributed by atoms with E-state index in [9.17, 15) is 4.79 Å². The van der Waals surface area contributed by atoms with Gasteiger partial charge in [0.25, 0.3) is 0 Å². The van der Waals surface area contributed by atoms with Crippen molar-refractivity contribution >= 4 is 11.6 Å². The summed E-state index contributed by atoms with van der Waals surface area (Å²) in [6.07, 6.45) is 1.55. The van der Waals surface area contributed by atoms with Crippen molar-refractivity contribution in [2.24, 2.45) is 17.6 Å². The molecular formula is C16H26N2O. The van der Waals surface area contributed by atoms with Gasteiger partial charge in [-0.05, 0) is 43.9 Å². The van der Waals surface area contributed by atoms with E-state index >= 15 is 0 Å². The number of amides is 1. The van der Waals surface area contributed by atoms with Crippen LogP contribution in [0.15, 0.2) is 30.3 Å². The summed E-state index contributed by atoms with van der Waals surface area (Å²) < 4.78 is 0. The predicted octanol–water partition coefficient (Wildman–Crippen LogP) is 3.05. The molecule has 0 heterocycles. The summed E-state index contributed by atoms with van der Waals surface area (Å²) in [5, 5.41) is 0. The molecule has 0 aliphatic carbocycles. The molecule has 0 radical (unpaired) electrons. The van der Waals surface area contributed by atoms with Crippen LogP contribution in [0.3, 0.4) is 0 Å². The Labute approximate surface area is 116 Å². The van der Waals surface area contributed by atoms with E-state index in [-0.39, 0.29) is 11.8 Å². The first-order chi connectivity index (χ1) is 9.08. The molecular weight excluding hydrogens is 236 g/mol. The molecule has 3 heteroatoms. The fourth-order valence-electron chi connectivity index (χ4n) is 2.40. The Bertz CT molecular complexity index is 376. The predicted molar refractivity (Wildman–Crippen MR) is 81.1 cm³/mol. The van der Waals surface area contributed by atoms with E-state index < -0.39 is 0 Å². The van der Waals surface area contributed by atoms with Crippen molar-refractivity contribution in [3.8, 4) is 0 Å². The van der Waals surface area contributed by atoms with Crippen molar-refractivity contribution in [3.63, 3.8) is 0 Å². The summed E-state index contributed by atoms with van der Waals surface area (Å²) >= 11 is 0. The number of carbonyl (C=O) groups is 1. The normalized spacial score (nSPS) is 12.5. The van der Waals surface area contributed by atoms with Gasteiger partial charge >= 0.3 is 0 Å². The molecule has 0 fully saturated rings. The van der Waals surface area contributed by atoms with E-state index in [1.165, 1.54) is 0 Å². The zero-order valence-electron chi connectivity index (χ0n) is 12.3. The lowest BCUT2D eigenvalue weighted by Gasteiger charge is -2.24. The second-order valence-electron chi connectivity index (χ2n) is 5.41. The number of rotatable bonds is 7. The van der Waals surface area contributed by atoms with Gasteiger partial charge in [-0.15, -0.1) is 0 Å². The Morgan fingerprint density at radius 1 is 1.26 bits per heavy atom. The third-order valence-electron chi connectivity index (χ3n) is 3.29.